The SMILES string of the molecule is COc1ccc(Cl)cc1-c1nnc(C(C)N)s1. The minimum absolute atomic E-state index is 0.119. The number of halogens is 1. The van der Waals surface area contributed by atoms with Gasteiger partial charge in [-0.25, -0.2) is 0 Å². The third kappa shape index (κ3) is 2.57. The Hall–Kier alpha value is -1.17. The first kappa shape index (κ1) is 12.3. The smallest absolute Gasteiger partial charge is 0.151 e. The van der Waals surface area contributed by atoms with Crippen LogP contribution in [0.1, 0.15) is 18.0 Å². The molecule has 1 atom stereocenters. The fourth-order valence-corrected chi connectivity index (χ4v) is 2.36. The van der Waals surface area contributed by atoms with Crippen LogP contribution in [0, 0.1) is 0 Å². The van der Waals surface area contributed by atoms with Crippen LogP contribution >= 0.6 is 22.9 Å². The number of hydrogen-bond donors (Lipinski definition) is 1. The standard InChI is InChI=1S/C11H12ClN3OS/c1-6(13)10-14-15-11(17-10)8-5-7(12)3-4-9(8)16-2/h3-6H,13H2,1-2H3. The Balaban J connectivity index is 2.47. The van der Waals surface area contributed by atoms with Gasteiger partial charge < -0.3 is 10.5 Å². The van der Waals surface area contributed by atoms with Gasteiger partial charge in [0.25, 0.3) is 0 Å². The van der Waals surface area contributed by atoms with Gasteiger partial charge in [-0.15, -0.1) is 10.2 Å². The zero-order chi connectivity index (χ0) is 12.4. The van der Waals surface area contributed by atoms with E-state index in [0.29, 0.717) is 5.02 Å². The number of methoxy groups -OCH3 is 1. The molecule has 17 heavy (non-hydrogen) atoms. The van der Waals surface area contributed by atoms with Gasteiger partial charge in [0, 0.05) is 5.02 Å². The van der Waals surface area contributed by atoms with E-state index in [-0.39, 0.29) is 6.04 Å². The summed E-state index contributed by atoms with van der Waals surface area (Å²) in [5.41, 5.74) is 6.59. The summed E-state index contributed by atoms with van der Waals surface area (Å²) in [4.78, 5) is 0. The van der Waals surface area contributed by atoms with Crippen molar-refractivity contribution >= 4 is 22.9 Å². The highest BCUT2D eigenvalue weighted by Gasteiger charge is 2.13. The van der Waals surface area contributed by atoms with E-state index in [9.17, 15) is 0 Å². The largest absolute Gasteiger partial charge is 0.496 e. The minimum atomic E-state index is -0.119. The summed E-state index contributed by atoms with van der Waals surface area (Å²) in [6, 6.07) is 5.28. The fourth-order valence-electron chi connectivity index (χ4n) is 1.37. The van der Waals surface area contributed by atoms with Crippen LogP contribution in [-0.4, -0.2) is 17.3 Å². The van der Waals surface area contributed by atoms with Crippen LogP contribution in [0.5, 0.6) is 5.75 Å². The maximum Gasteiger partial charge on any atom is 0.151 e. The van der Waals surface area contributed by atoms with Gasteiger partial charge in [-0.3, -0.25) is 0 Å². The Kier molecular flexibility index (Phi) is 3.61. The van der Waals surface area contributed by atoms with Crippen molar-refractivity contribution in [2.45, 2.75) is 13.0 Å². The van der Waals surface area contributed by atoms with Crippen molar-refractivity contribution in [3.63, 3.8) is 0 Å². The quantitative estimate of drug-likeness (QED) is 0.931. The van der Waals surface area contributed by atoms with Gasteiger partial charge in [0.15, 0.2) is 5.01 Å². The van der Waals surface area contributed by atoms with Crippen molar-refractivity contribution < 1.29 is 4.74 Å². The number of nitrogens with zero attached hydrogens (tertiary/aromatic N) is 2. The first-order chi connectivity index (χ1) is 8.11. The molecule has 2 N–H and O–H groups in total. The lowest BCUT2D eigenvalue weighted by atomic mass is 10.2. The lowest BCUT2D eigenvalue weighted by Gasteiger charge is -2.05. The number of nitrogens with two attached hydrogens (primary N) is 1. The Labute approximate surface area is 108 Å². The molecule has 1 aromatic carbocycles. The van der Waals surface area contributed by atoms with Gasteiger partial charge in [-0.2, -0.15) is 0 Å². The average Bonchev–Trinajstić information content (AvgIpc) is 2.78. The molecule has 0 saturated carbocycles. The highest BCUT2D eigenvalue weighted by molar-refractivity contribution is 7.14. The summed E-state index contributed by atoms with van der Waals surface area (Å²) in [6.07, 6.45) is 0. The maximum atomic E-state index is 5.97. The molecule has 1 aromatic heterocycles. The van der Waals surface area contributed by atoms with Gasteiger partial charge in [-0.1, -0.05) is 22.9 Å². The van der Waals surface area contributed by atoms with Crippen LogP contribution in [-0.2, 0) is 0 Å². The van der Waals surface area contributed by atoms with Crippen molar-refractivity contribution in [3.05, 3.63) is 28.2 Å². The summed E-state index contributed by atoms with van der Waals surface area (Å²) in [5, 5.41) is 10.3. The topological polar surface area (TPSA) is 61.0 Å². The predicted molar refractivity (Wildman–Crippen MR) is 69.5 cm³/mol. The third-order valence-electron chi connectivity index (χ3n) is 2.22. The van der Waals surface area contributed by atoms with Crippen molar-refractivity contribution in [2.75, 3.05) is 7.11 Å². The van der Waals surface area contributed by atoms with E-state index >= 15 is 0 Å². The molecule has 1 unspecified atom stereocenters. The lowest BCUT2D eigenvalue weighted by Crippen LogP contribution is -2.03. The summed E-state index contributed by atoms with van der Waals surface area (Å²) in [7, 11) is 1.61. The van der Waals surface area contributed by atoms with Crippen molar-refractivity contribution in [3.8, 4) is 16.3 Å². The Morgan fingerprint density at radius 2 is 2.18 bits per heavy atom. The zero-order valence-corrected chi connectivity index (χ0v) is 11.0. The lowest BCUT2D eigenvalue weighted by molar-refractivity contribution is 0.416. The molecule has 0 saturated heterocycles. The molecule has 0 radical (unpaired) electrons. The van der Waals surface area contributed by atoms with E-state index in [1.54, 1.807) is 13.2 Å². The Morgan fingerprint density at radius 3 is 2.76 bits per heavy atom. The summed E-state index contributed by atoms with van der Waals surface area (Å²) in [6.45, 7) is 1.87. The highest BCUT2D eigenvalue weighted by atomic mass is 35.5. The molecule has 4 nitrogen and oxygen atoms in total. The van der Waals surface area contributed by atoms with Crippen molar-refractivity contribution in [1.29, 1.82) is 0 Å². The van der Waals surface area contributed by atoms with Crippen molar-refractivity contribution in [2.24, 2.45) is 5.73 Å². The molecule has 90 valence electrons. The van der Waals surface area contributed by atoms with Gasteiger partial charge in [0.05, 0.1) is 18.7 Å². The number of ether oxygens (including phenoxy) is 1. The van der Waals surface area contributed by atoms with Gasteiger partial charge in [0.2, 0.25) is 0 Å². The van der Waals surface area contributed by atoms with Gasteiger partial charge in [-0.05, 0) is 25.1 Å². The molecule has 0 aliphatic carbocycles. The van der Waals surface area contributed by atoms with Crippen LogP contribution in [0.2, 0.25) is 5.02 Å². The van der Waals surface area contributed by atoms with Gasteiger partial charge >= 0.3 is 0 Å². The van der Waals surface area contributed by atoms with Crippen LogP contribution in [0.15, 0.2) is 18.2 Å². The second-order valence-electron chi connectivity index (χ2n) is 3.58. The molecule has 0 aliphatic heterocycles. The molecule has 6 heteroatoms. The second-order valence-corrected chi connectivity index (χ2v) is 5.02. The Morgan fingerprint density at radius 1 is 1.41 bits per heavy atom. The second kappa shape index (κ2) is 5.00. The number of aromatic nitrogens is 2. The molecule has 0 aliphatic rings. The molecule has 0 spiro atoms. The molecule has 0 bridgehead atoms. The molecular weight excluding hydrogens is 258 g/mol. The van der Waals surface area contributed by atoms with Gasteiger partial charge in [0.1, 0.15) is 10.8 Å². The summed E-state index contributed by atoms with van der Waals surface area (Å²) < 4.78 is 5.27. The summed E-state index contributed by atoms with van der Waals surface area (Å²) >= 11 is 7.42. The fraction of sp³-hybridized carbons (Fsp3) is 0.273. The summed E-state index contributed by atoms with van der Waals surface area (Å²) in [5.74, 6) is 0.724. The normalized spacial score (nSPS) is 12.5. The van der Waals surface area contributed by atoms with E-state index in [0.717, 1.165) is 21.3 Å². The third-order valence-corrected chi connectivity index (χ3v) is 3.61. The maximum absolute atomic E-state index is 5.97. The molecular formula is C11H12ClN3OS. The average molecular weight is 270 g/mol. The van der Waals surface area contributed by atoms with Crippen LogP contribution < -0.4 is 10.5 Å². The van der Waals surface area contributed by atoms with Crippen LogP contribution in [0.4, 0.5) is 0 Å². The molecule has 2 rings (SSSR count). The molecule has 0 fully saturated rings. The van der Waals surface area contributed by atoms with Crippen LogP contribution in [0.25, 0.3) is 10.6 Å². The first-order valence-corrected chi connectivity index (χ1v) is 6.24. The zero-order valence-electron chi connectivity index (χ0n) is 9.48. The molecule has 0 amide bonds. The first-order valence-electron chi connectivity index (χ1n) is 5.04. The van der Waals surface area contributed by atoms with E-state index in [1.165, 1.54) is 11.3 Å². The number of benzene rings is 1. The monoisotopic (exact) mass is 269 g/mol. The van der Waals surface area contributed by atoms with E-state index in [1.807, 2.05) is 19.1 Å². The number of hydrogen-bond acceptors (Lipinski definition) is 5. The highest BCUT2D eigenvalue weighted by Crippen LogP contribution is 2.34. The minimum Gasteiger partial charge on any atom is -0.496 e. The van der Waals surface area contributed by atoms with Crippen LogP contribution in [0.3, 0.4) is 0 Å². The molecule has 2 aromatic rings. The van der Waals surface area contributed by atoms with Crippen molar-refractivity contribution in [1.82, 2.24) is 10.2 Å². The molecule has 1 heterocycles. The number of rotatable bonds is 3. The van der Waals surface area contributed by atoms with E-state index in [4.69, 9.17) is 22.1 Å². The van der Waals surface area contributed by atoms with E-state index < -0.39 is 0 Å². The Bertz CT molecular complexity index is 527. The van der Waals surface area contributed by atoms with E-state index in [2.05, 4.69) is 10.2 Å². The predicted octanol–water partition coefficient (Wildman–Crippen LogP) is 2.89.